The zero-order valence-electron chi connectivity index (χ0n) is 16.0. The average Bonchev–Trinajstić information content (AvgIpc) is 2.65. The van der Waals surface area contributed by atoms with E-state index in [0.29, 0.717) is 17.3 Å². The number of benzene rings is 2. The largest absolute Gasteiger partial charge is 0.271 e. The Balaban J connectivity index is 2.42. The van der Waals surface area contributed by atoms with Gasteiger partial charge in [-0.3, -0.25) is 9.10 Å². The molecule has 144 valence electrons. The molecule has 0 atom stereocenters. The van der Waals surface area contributed by atoms with E-state index in [1.54, 1.807) is 44.2 Å². The van der Waals surface area contributed by atoms with E-state index >= 15 is 0 Å². The fourth-order valence-electron chi connectivity index (χ4n) is 2.40. The van der Waals surface area contributed by atoms with Crippen LogP contribution in [0, 0.1) is 0 Å². The number of amides is 1. The molecule has 0 heterocycles. The summed E-state index contributed by atoms with van der Waals surface area (Å²) in [5, 5.41) is 3.86. The molecule has 0 saturated carbocycles. The number of anilines is 1. The standard InChI is InChI=1S/C20H25N3O3S/c1-15(2)17-10-12-18(13-11-17)23(14-20(24)22-21-16(3)4)27(25,26)19-8-6-5-7-9-19/h5-13,15H,14H2,1-4H3,(H,22,24). The Kier molecular flexibility index (Phi) is 6.74. The fraction of sp³-hybridized carbons (Fsp3) is 0.300. The van der Waals surface area contributed by atoms with Crippen LogP contribution in [0.2, 0.25) is 0 Å². The molecule has 2 aromatic rings. The van der Waals surface area contributed by atoms with E-state index in [-0.39, 0.29) is 11.4 Å². The highest BCUT2D eigenvalue weighted by molar-refractivity contribution is 7.92. The highest BCUT2D eigenvalue weighted by Gasteiger charge is 2.27. The minimum Gasteiger partial charge on any atom is -0.271 e. The third kappa shape index (κ3) is 5.40. The summed E-state index contributed by atoms with van der Waals surface area (Å²) in [7, 11) is -3.90. The van der Waals surface area contributed by atoms with Crippen molar-refractivity contribution in [3.8, 4) is 0 Å². The molecule has 0 aliphatic carbocycles. The lowest BCUT2D eigenvalue weighted by molar-refractivity contribution is -0.119. The molecular formula is C20H25N3O3S. The van der Waals surface area contributed by atoms with E-state index in [2.05, 4.69) is 24.4 Å². The molecule has 0 aliphatic rings. The molecular weight excluding hydrogens is 362 g/mol. The van der Waals surface area contributed by atoms with Gasteiger partial charge in [0.15, 0.2) is 0 Å². The molecule has 0 radical (unpaired) electrons. The first-order valence-corrected chi connectivity index (χ1v) is 10.1. The maximum Gasteiger partial charge on any atom is 0.264 e. The third-order valence-electron chi connectivity index (χ3n) is 3.87. The van der Waals surface area contributed by atoms with Crippen LogP contribution in [0.15, 0.2) is 64.6 Å². The number of nitrogens with zero attached hydrogens (tertiary/aromatic N) is 2. The first-order chi connectivity index (χ1) is 12.7. The summed E-state index contributed by atoms with van der Waals surface area (Å²) in [6.45, 7) is 7.24. The van der Waals surface area contributed by atoms with Gasteiger partial charge in [-0.2, -0.15) is 5.10 Å². The zero-order chi connectivity index (χ0) is 20.0. The minimum absolute atomic E-state index is 0.126. The maximum atomic E-state index is 13.1. The minimum atomic E-state index is -3.90. The van der Waals surface area contributed by atoms with E-state index in [1.807, 2.05) is 12.1 Å². The van der Waals surface area contributed by atoms with Gasteiger partial charge in [-0.1, -0.05) is 44.2 Å². The molecule has 6 nitrogen and oxygen atoms in total. The van der Waals surface area contributed by atoms with Crippen LogP contribution in [0.1, 0.15) is 39.2 Å². The SMILES string of the molecule is CC(C)=NNC(=O)CN(c1ccc(C(C)C)cc1)S(=O)(=O)c1ccccc1. The van der Waals surface area contributed by atoms with Crippen molar-refractivity contribution in [2.75, 3.05) is 10.8 Å². The lowest BCUT2D eigenvalue weighted by Crippen LogP contribution is -2.39. The lowest BCUT2D eigenvalue weighted by Gasteiger charge is -2.24. The fourth-order valence-corrected chi connectivity index (χ4v) is 3.84. The van der Waals surface area contributed by atoms with Crippen molar-refractivity contribution in [3.63, 3.8) is 0 Å². The normalized spacial score (nSPS) is 11.1. The second-order valence-corrected chi connectivity index (χ2v) is 8.53. The molecule has 27 heavy (non-hydrogen) atoms. The van der Waals surface area contributed by atoms with Gasteiger partial charge in [0, 0.05) is 5.71 Å². The number of carbonyl (C=O) groups excluding carboxylic acids is 1. The lowest BCUT2D eigenvalue weighted by atomic mass is 10.0. The summed E-state index contributed by atoms with van der Waals surface area (Å²) < 4.78 is 27.4. The number of hydrazone groups is 1. The highest BCUT2D eigenvalue weighted by Crippen LogP contribution is 2.25. The van der Waals surface area contributed by atoms with Crippen LogP contribution in [-0.2, 0) is 14.8 Å². The third-order valence-corrected chi connectivity index (χ3v) is 5.66. The van der Waals surface area contributed by atoms with Gasteiger partial charge in [0.2, 0.25) is 0 Å². The number of hydrogen-bond donors (Lipinski definition) is 1. The zero-order valence-corrected chi connectivity index (χ0v) is 16.8. The van der Waals surface area contributed by atoms with Crippen molar-refractivity contribution in [3.05, 3.63) is 60.2 Å². The van der Waals surface area contributed by atoms with Crippen molar-refractivity contribution in [2.24, 2.45) is 5.10 Å². The Hall–Kier alpha value is -2.67. The van der Waals surface area contributed by atoms with E-state index in [0.717, 1.165) is 9.87 Å². The first kappa shape index (κ1) is 20.6. The van der Waals surface area contributed by atoms with E-state index < -0.39 is 15.9 Å². The quantitative estimate of drug-likeness (QED) is 0.583. The van der Waals surface area contributed by atoms with Gasteiger partial charge in [-0.05, 0) is 49.6 Å². The molecule has 0 saturated heterocycles. The Bertz CT molecular complexity index is 901. The van der Waals surface area contributed by atoms with E-state index in [9.17, 15) is 13.2 Å². The second-order valence-electron chi connectivity index (χ2n) is 6.66. The Morgan fingerprint density at radius 3 is 2.15 bits per heavy atom. The average molecular weight is 388 g/mol. The second kappa shape index (κ2) is 8.81. The predicted octanol–water partition coefficient (Wildman–Crippen LogP) is 3.52. The smallest absolute Gasteiger partial charge is 0.264 e. The molecule has 0 aliphatic heterocycles. The number of nitrogens with one attached hydrogen (secondary N) is 1. The molecule has 0 spiro atoms. The summed E-state index contributed by atoms with van der Waals surface area (Å²) in [5.41, 5.74) is 4.56. The predicted molar refractivity (Wildman–Crippen MR) is 108 cm³/mol. The van der Waals surface area contributed by atoms with Gasteiger partial charge in [-0.15, -0.1) is 0 Å². The van der Waals surface area contributed by atoms with Crippen molar-refractivity contribution in [1.82, 2.24) is 5.43 Å². The van der Waals surface area contributed by atoms with Gasteiger partial charge in [0.1, 0.15) is 6.54 Å². The van der Waals surface area contributed by atoms with Crippen LogP contribution in [-0.4, -0.2) is 26.6 Å². The molecule has 1 amide bonds. The summed E-state index contributed by atoms with van der Waals surface area (Å²) in [5.74, 6) is -0.188. The van der Waals surface area contributed by atoms with Gasteiger partial charge >= 0.3 is 0 Å². The van der Waals surface area contributed by atoms with Gasteiger partial charge in [-0.25, -0.2) is 13.8 Å². The van der Waals surface area contributed by atoms with Crippen molar-refractivity contribution >= 4 is 27.3 Å². The van der Waals surface area contributed by atoms with Crippen molar-refractivity contribution in [1.29, 1.82) is 0 Å². The van der Waals surface area contributed by atoms with Crippen LogP contribution >= 0.6 is 0 Å². The van der Waals surface area contributed by atoms with Gasteiger partial charge < -0.3 is 0 Å². The Labute approximate surface area is 161 Å². The Morgan fingerprint density at radius 1 is 1.04 bits per heavy atom. The summed E-state index contributed by atoms with van der Waals surface area (Å²) >= 11 is 0. The summed E-state index contributed by atoms with van der Waals surface area (Å²) in [4.78, 5) is 12.4. The molecule has 2 rings (SSSR count). The number of hydrogen-bond acceptors (Lipinski definition) is 4. The highest BCUT2D eigenvalue weighted by atomic mass is 32.2. The summed E-state index contributed by atoms with van der Waals surface area (Å²) in [6, 6.07) is 15.3. The molecule has 0 fully saturated rings. The molecule has 0 aromatic heterocycles. The van der Waals surface area contributed by atoms with Gasteiger partial charge in [0.05, 0.1) is 10.6 Å². The number of rotatable bonds is 7. The van der Waals surface area contributed by atoms with E-state index in [4.69, 9.17) is 0 Å². The van der Waals surface area contributed by atoms with Crippen LogP contribution in [0.25, 0.3) is 0 Å². The van der Waals surface area contributed by atoms with Crippen LogP contribution < -0.4 is 9.73 Å². The summed E-state index contributed by atoms with van der Waals surface area (Å²) in [6.07, 6.45) is 0. The molecule has 0 unspecified atom stereocenters. The Morgan fingerprint density at radius 2 is 1.63 bits per heavy atom. The maximum absolute atomic E-state index is 13.1. The number of sulfonamides is 1. The van der Waals surface area contributed by atoms with Gasteiger partial charge in [0.25, 0.3) is 15.9 Å². The number of carbonyl (C=O) groups is 1. The molecule has 2 aromatic carbocycles. The van der Waals surface area contributed by atoms with E-state index in [1.165, 1.54) is 12.1 Å². The van der Waals surface area contributed by atoms with Crippen LogP contribution in [0.5, 0.6) is 0 Å². The van der Waals surface area contributed by atoms with Crippen molar-refractivity contribution in [2.45, 2.75) is 38.5 Å². The first-order valence-electron chi connectivity index (χ1n) is 8.69. The van der Waals surface area contributed by atoms with Crippen molar-refractivity contribution < 1.29 is 13.2 Å². The molecule has 7 heteroatoms. The molecule has 1 N–H and O–H groups in total. The van der Waals surface area contributed by atoms with Crippen LogP contribution in [0.4, 0.5) is 5.69 Å². The monoisotopic (exact) mass is 387 g/mol. The molecule has 0 bridgehead atoms. The topological polar surface area (TPSA) is 78.8 Å². The van der Waals surface area contributed by atoms with Crippen LogP contribution in [0.3, 0.4) is 0 Å².